The predicted molar refractivity (Wildman–Crippen MR) is 81.5 cm³/mol. The Hall–Kier alpha value is -0.677. The van der Waals surface area contributed by atoms with Gasteiger partial charge in [0.1, 0.15) is 0 Å². The van der Waals surface area contributed by atoms with E-state index in [1.807, 2.05) is 0 Å². The van der Waals surface area contributed by atoms with Gasteiger partial charge in [0.05, 0.1) is 0 Å². The first-order valence-corrected chi connectivity index (χ1v) is 6.65. The van der Waals surface area contributed by atoms with Gasteiger partial charge >= 0.3 is 19.5 Å². The van der Waals surface area contributed by atoms with Gasteiger partial charge in [0.15, 0.2) is 0 Å². The van der Waals surface area contributed by atoms with E-state index in [9.17, 15) is 0 Å². The van der Waals surface area contributed by atoms with Crippen LogP contribution in [0.5, 0.6) is 0 Å². The predicted octanol–water partition coefficient (Wildman–Crippen LogP) is 5.40. The summed E-state index contributed by atoms with van der Waals surface area (Å²) in [4.78, 5) is 0. The summed E-state index contributed by atoms with van der Waals surface area (Å²) in [5, 5.41) is 0. The molecular weight excluding hydrogens is 282 g/mol. The molecule has 1 heteroatoms. The molecule has 0 aliphatic heterocycles. The molecule has 100 valence electrons. The maximum Gasteiger partial charge on any atom is 2.00 e. The van der Waals surface area contributed by atoms with Crippen LogP contribution in [0.3, 0.4) is 0 Å². The van der Waals surface area contributed by atoms with Gasteiger partial charge in [0.2, 0.25) is 0 Å². The quantitative estimate of drug-likeness (QED) is 0.451. The molecule has 2 aromatic carbocycles. The molecule has 0 aliphatic rings. The van der Waals surface area contributed by atoms with Crippen molar-refractivity contribution in [3.63, 3.8) is 0 Å². The molecular formula is C18H26Zn. The van der Waals surface area contributed by atoms with Crippen molar-refractivity contribution in [2.45, 2.75) is 52.4 Å². The van der Waals surface area contributed by atoms with E-state index in [1.165, 1.54) is 11.1 Å². The third-order valence-corrected chi connectivity index (χ3v) is 3.06. The van der Waals surface area contributed by atoms with Gasteiger partial charge in [-0.25, -0.2) is 24.3 Å². The summed E-state index contributed by atoms with van der Waals surface area (Å²) in [6.07, 6.45) is 0. The van der Waals surface area contributed by atoms with Crippen LogP contribution in [0.1, 0.15) is 52.7 Å². The maximum atomic E-state index is 2.22. The van der Waals surface area contributed by atoms with Gasteiger partial charge in [0, 0.05) is 0 Å². The summed E-state index contributed by atoms with van der Waals surface area (Å²) in [6, 6.07) is 17.0. The molecule has 0 aromatic heterocycles. The molecule has 0 radical (unpaired) electrons. The Morgan fingerprint density at radius 1 is 0.526 bits per heavy atom. The van der Waals surface area contributed by atoms with E-state index >= 15 is 0 Å². The Labute approximate surface area is 131 Å². The number of rotatable bonds is 0. The minimum Gasteiger partial charge on any atom is -0.213 e. The second-order valence-corrected chi connectivity index (χ2v) is 6.85. The van der Waals surface area contributed by atoms with Crippen LogP contribution in [0.25, 0.3) is 0 Å². The van der Waals surface area contributed by atoms with Crippen LogP contribution in [0.4, 0.5) is 0 Å². The summed E-state index contributed by atoms with van der Waals surface area (Å²) < 4.78 is 0. The number of hydrogen-bond donors (Lipinski definition) is 0. The van der Waals surface area contributed by atoms with E-state index < -0.39 is 0 Å². The van der Waals surface area contributed by atoms with Crippen LogP contribution in [-0.4, -0.2) is 0 Å². The van der Waals surface area contributed by atoms with Gasteiger partial charge in [-0.05, 0) is 0 Å². The second kappa shape index (κ2) is 7.20. The molecule has 0 saturated carbocycles. The molecule has 2 aromatic rings. The van der Waals surface area contributed by atoms with Crippen LogP contribution in [0, 0.1) is 0 Å². The van der Waals surface area contributed by atoms with Crippen molar-refractivity contribution in [3.8, 4) is 0 Å². The fourth-order valence-electron chi connectivity index (χ4n) is 1.75. The molecule has 0 fully saturated rings. The smallest absolute Gasteiger partial charge is 0.213 e. The molecule has 0 nitrogen and oxygen atoms in total. The molecule has 0 N–H and O–H groups in total. The van der Waals surface area contributed by atoms with Gasteiger partial charge in [-0.3, -0.25) is 0 Å². The van der Waals surface area contributed by atoms with Crippen molar-refractivity contribution in [2.75, 3.05) is 0 Å². The van der Waals surface area contributed by atoms with E-state index in [0.29, 0.717) is 10.8 Å². The van der Waals surface area contributed by atoms with Crippen molar-refractivity contribution in [2.24, 2.45) is 0 Å². The van der Waals surface area contributed by atoms with E-state index in [0.717, 1.165) is 0 Å². The van der Waals surface area contributed by atoms with Gasteiger partial charge in [-0.15, -0.1) is 0 Å². The summed E-state index contributed by atoms with van der Waals surface area (Å²) in [5.41, 5.74) is 3.48. The van der Waals surface area contributed by atoms with E-state index in [2.05, 4.69) is 90.1 Å². The van der Waals surface area contributed by atoms with Crippen molar-refractivity contribution >= 4 is 0 Å². The zero-order chi connectivity index (χ0) is 13.8. The fraction of sp³-hybridized carbons (Fsp3) is 0.444. The average molecular weight is 308 g/mol. The van der Waals surface area contributed by atoms with Gasteiger partial charge < -0.3 is 0 Å². The second-order valence-electron chi connectivity index (χ2n) is 6.85. The van der Waals surface area contributed by atoms with Crippen molar-refractivity contribution < 1.29 is 19.5 Å². The standard InChI is InChI=1S/2C9H13.Zn/c2*1-9(2,3)8-6-4-5-7-8;/h2*4-7H,1-3H3;/q2*-1;+2. The van der Waals surface area contributed by atoms with E-state index in [4.69, 9.17) is 0 Å². The first-order chi connectivity index (χ1) is 8.21. The molecule has 0 bridgehead atoms. The van der Waals surface area contributed by atoms with Crippen molar-refractivity contribution in [1.29, 1.82) is 0 Å². The van der Waals surface area contributed by atoms with Crippen LogP contribution in [-0.2, 0) is 30.3 Å². The Kier molecular flexibility index (Phi) is 6.94. The minimum atomic E-state index is 0. The first-order valence-electron chi connectivity index (χ1n) is 6.65. The molecule has 0 spiro atoms. The normalized spacial score (nSPS) is 11.3. The Balaban J connectivity index is 0.000000324. The van der Waals surface area contributed by atoms with Crippen LogP contribution < -0.4 is 0 Å². The Morgan fingerprint density at radius 2 is 0.737 bits per heavy atom. The minimum absolute atomic E-state index is 0. The van der Waals surface area contributed by atoms with Crippen LogP contribution in [0.2, 0.25) is 0 Å². The molecule has 0 unspecified atom stereocenters. The molecule has 19 heavy (non-hydrogen) atoms. The third kappa shape index (κ3) is 6.34. The van der Waals surface area contributed by atoms with Gasteiger partial charge in [-0.2, -0.15) is 35.4 Å². The molecule has 0 saturated heterocycles. The summed E-state index contributed by atoms with van der Waals surface area (Å²) in [6.45, 7) is 13.3. The molecule has 0 amide bonds. The molecule has 0 heterocycles. The largest absolute Gasteiger partial charge is 2.00 e. The Morgan fingerprint density at radius 3 is 0.842 bits per heavy atom. The summed E-state index contributed by atoms with van der Waals surface area (Å²) in [7, 11) is 0. The average Bonchev–Trinajstić information content (AvgIpc) is 2.91. The summed E-state index contributed by atoms with van der Waals surface area (Å²) in [5.74, 6) is 0. The molecule has 0 atom stereocenters. The van der Waals surface area contributed by atoms with Crippen molar-refractivity contribution in [1.82, 2.24) is 0 Å². The first kappa shape index (κ1) is 18.3. The molecule has 2 rings (SSSR count). The van der Waals surface area contributed by atoms with E-state index in [-0.39, 0.29) is 19.5 Å². The summed E-state index contributed by atoms with van der Waals surface area (Å²) >= 11 is 0. The van der Waals surface area contributed by atoms with Crippen LogP contribution >= 0.6 is 0 Å². The zero-order valence-corrected chi connectivity index (χ0v) is 16.3. The van der Waals surface area contributed by atoms with Crippen molar-refractivity contribution in [3.05, 3.63) is 59.7 Å². The maximum absolute atomic E-state index is 2.22. The van der Waals surface area contributed by atoms with Gasteiger partial charge in [0.25, 0.3) is 0 Å². The monoisotopic (exact) mass is 306 g/mol. The third-order valence-electron chi connectivity index (χ3n) is 3.06. The zero-order valence-electron chi connectivity index (χ0n) is 13.3. The SMILES string of the molecule is CC(C)(C)[c-]1cccc1.CC(C)(C)[c-]1cccc1.[Zn+2]. The fourth-order valence-corrected chi connectivity index (χ4v) is 1.75. The van der Waals surface area contributed by atoms with Gasteiger partial charge in [-0.1, -0.05) is 52.4 Å². The Bertz CT molecular complexity index is 375. The van der Waals surface area contributed by atoms with E-state index in [1.54, 1.807) is 0 Å². The topological polar surface area (TPSA) is 0 Å². The molecule has 0 aliphatic carbocycles. The number of hydrogen-bond acceptors (Lipinski definition) is 0. The van der Waals surface area contributed by atoms with Crippen LogP contribution in [0.15, 0.2) is 48.5 Å².